The molecule has 1 unspecified atom stereocenters. The van der Waals surface area contributed by atoms with Gasteiger partial charge in [-0.2, -0.15) is 0 Å². The SMILES string of the molecule is CC(NCC(F)F)c1cc(O)cc(O)c1. The van der Waals surface area contributed by atoms with E-state index in [-0.39, 0.29) is 17.5 Å². The zero-order chi connectivity index (χ0) is 11.4. The summed E-state index contributed by atoms with van der Waals surface area (Å²) in [4.78, 5) is 0. The minimum absolute atomic E-state index is 0.0873. The van der Waals surface area contributed by atoms with Crippen molar-refractivity contribution < 1.29 is 19.0 Å². The Labute approximate surface area is 86.4 Å². The maximum Gasteiger partial charge on any atom is 0.250 e. The second kappa shape index (κ2) is 4.93. The highest BCUT2D eigenvalue weighted by molar-refractivity contribution is 5.37. The molecule has 5 heteroatoms. The molecule has 3 nitrogen and oxygen atoms in total. The topological polar surface area (TPSA) is 52.5 Å². The molecule has 0 aromatic heterocycles. The molecule has 0 amide bonds. The largest absolute Gasteiger partial charge is 0.508 e. The van der Waals surface area contributed by atoms with E-state index in [2.05, 4.69) is 5.32 Å². The van der Waals surface area contributed by atoms with Crippen molar-refractivity contribution in [2.24, 2.45) is 0 Å². The molecule has 0 aliphatic heterocycles. The zero-order valence-corrected chi connectivity index (χ0v) is 8.24. The number of phenols is 2. The Morgan fingerprint density at radius 1 is 1.20 bits per heavy atom. The molecule has 1 aromatic rings. The summed E-state index contributed by atoms with van der Waals surface area (Å²) in [5.74, 6) is -0.175. The highest BCUT2D eigenvalue weighted by atomic mass is 19.3. The van der Waals surface area contributed by atoms with Crippen LogP contribution in [0.3, 0.4) is 0 Å². The molecule has 0 bridgehead atoms. The Bertz CT molecular complexity index is 311. The monoisotopic (exact) mass is 217 g/mol. The van der Waals surface area contributed by atoms with E-state index in [0.717, 1.165) is 0 Å². The Balaban J connectivity index is 2.68. The molecular weight excluding hydrogens is 204 g/mol. The second-order valence-corrected chi connectivity index (χ2v) is 3.30. The van der Waals surface area contributed by atoms with Crippen molar-refractivity contribution in [1.29, 1.82) is 0 Å². The summed E-state index contributed by atoms with van der Waals surface area (Å²) in [6.07, 6.45) is -2.42. The van der Waals surface area contributed by atoms with Gasteiger partial charge in [-0.1, -0.05) is 0 Å². The summed E-state index contributed by atoms with van der Waals surface area (Å²) in [6, 6.07) is 3.67. The van der Waals surface area contributed by atoms with E-state index in [1.165, 1.54) is 18.2 Å². The van der Waals surface area contributed by atoms with Gasteiger partial charge >= 0.3 is 0 Å². The van der Waals surface area contributed by atoms with Crippen LogP contribution in [0, 0.1) is 0 Å². The number of nitrogens with one attached hydrogen (secondary N) is 1. The first-order valence-electron chi connectivity index (χ1n) is 4.53. The normalized spacial score (nSPS) is 13.1. The molecule has 1 atom stereocenters. The third-order valence-electron chi connectivity index (χ3n) is 2.00. The number of benzene rings is 1. The van der Waals surface area contributed by atoms with Crippen LogP contribution in [-0.2, 0) is 0 Å². The van der Waals surface area contributed by atoms with Gasteiger partial charge in [0, 0.05) is 12.1 Å². The minimum Gasteiger partial charge on any atom is -0.508 e. The molecule has 0 radical (unpaired) electrons. The number of hydrogen-bond donors (Lipinski definition) is 3. The minimum atomic E-state index is -2.42. The van der Waals surface area contributed by atoms with Crippen LogP contribution in [0.4, 0.5) is 8.78 Å². The van der Waals surface area contributed by atoms with E-state index in [1.54, 1.807) is 6.92 Å². The predicted molar refractivity (Wildman–Crippen MR) is 52.2 cm³/mol. The lowest BCUT2D eigenvalue weighted by molar-refractivity contribution is 0.142. The number of phenolic OH excluding ortho intramolecular Hbond substituents is 2. The highest BCUT2D eigenvalue weighted by Gasteiger charge is 2.10. The number of aromatic hydroxyl groups is 2. The molecule has 15 heavy (non-hydrogen) atoms. The lowest BCUT2D eigenvalue weighted by atomic mass is 10.1. The van der Waals surface area contributed by atoms with Gasteiger partial charge in [-0.25, -0.2) is 8.78 Å². The summed E-state index contributed by atoms with van der Waals surface area (Å²) in [6.45, 7) is 1.26. The van der Waals surface area contributed by atoms with Crippen molar-refractivity contribution in [3.8, 4) is 11.5 Å². The van der Waals surface area contributed by atoms with Gasteiger partial charge in [0.1, 0.15) is 11.5 Å². The van der Waals surface area contributed by atoms with Crippen molar-refractivity contribution in [1.82, 2.24) is 5.32 Å². The Hall–Kier alpha value is -1.36. The average Bonchev–Trinajstić information content (AvgIpc) is 2.12. The standard InChI is InChI=1S/C10H13F2NO2/c1-6(13-5-10(11)12)7-2-8(14)4-9(15)3-7/h2-4,6,10,13-15H,5H2,1H3. The molecule has 0 aliphatic carbocycles. The average molecular weight is 217 g/mol. The molecule has 84 valence electrons. The molecule has 0 heterocycles. The van der Waals surface area contributed by atoms with Crippen molar-refractivity contribution in [2.45, 2.75) is 19.4 Å². The van der Waals surface area contributed by atoms with Crippen molar-refractivity contribution in [3.05, 3.63) is 23.8 Å². The molecule has 1 rings (SSSR count). The quantitative estimate of drug-likeness (QED) is 0.723. The Kier molecular flexibility index (Phi) is 3.85. The Morgan fingerprint density at radius 2 is 1.73 bits per heavy atom. The van der Waals surface area contributed by atoms with Gasteiger partial charge in [0.2, 0.25) is 0 Å². The number of hydrogen-bond acceptors (Lipinski definition) is 3. The van der Waals surface area contributed by atoms with E-state index in [4.69, 9.17) is 0 Å². The lowest BCUT2D eigenvalue weighted by Crippen LogP contribution is -2.24. The van der Waals surface area contributed by atoms with Gasteiger partial charge in [0.15, 0.2) is 0 Å². The van der Waals surface area contributed by atoms with Crippen LogP contribution in [0.15, 0.2) is 18.2 Å². The summed E-state index contributed by atoms with van der Waals surface area (Å²) >= 11 is 0. The van der Waals surface area contributed by atoms with Crippen molar-refractivity contribution in [2.75, 3.05) is 6.54 Å². The molecule has 0 spiro atoms. The number of halogens is 2. The van der Waals surface area contributed by atoms with E-state index in [9.17, 15) is 19.0 Å². The summed E-state index contributed by atoms with van der Waals surface area (Å²) < 4.78 is 23.8. The maximum absolute atomic E-state index is 11.9. The molecule has 0 saturated heterocycles. The first-order chi connectivity index (χ1) is 6.99. The third kappa shape index (κ3) is 3.71. The van der Waals surface area contributed by atoms with Gasteiger partial charge in [-0.05, 0) is 24.6 Å². The lowest BCUT2D eigenvalue weighted by Gasteiger charge is -2.14. The van der Waals surface area contributed by atoms with Crippen LogP contribution >= 0.6 is 0 Å². The Morgan fingerprint density at radius 3 is 2.20 bits per heavy atom. The summed E-state index contributed by atoms with van der Waals surface area (Å²) in [7, 11) is 0. The predicted octanol–water partition coefficient (Wildman–Crippen LogP) is 2.01. The van der Waals surface area contributed by atoms with Gasteiger partial charge in [0.25, 0.3) is 6.43 Å². The first kappa shape index (κ1) is 11.7. The number of alkyl halides is 2. The molecule has 0 fully saturated rings. The highest BCUT2D eigenvalue weighted by Crippen LogP contribution is 2.24. The smallest absolute Gasteiger partial charge is 0.250 e. The van der Waals surface area contributed by atoms with Gasteiger partial charge in [0.05, 0.1) is 6.54 Å². The van der Waals surface area contributed by atoms with E-state index >= 15 is 0 Å². The fourth-order valence-corrected chi connectivity index (χ4v) is 1.25. The molecule has 3 N–H and O–H groups in total. The van der Waals surface area contributed by atoms with Crippen molar-refractivity contribution in [3.63, 3.8) is 0 Å². The van der Waals surface area contributed by atoms with E-state index in [1.807, 2.05) is 0 Å². The first-order valence-corrected chi connectivity index (χ1v) is 4.53. The number of rotatable bonds is 4. The molecule has 0 saturated carbocycles. The van der Waals surface area contributed by atoms with E-state index in [0.29, 0.717) is 5.56 Å². The molecular formula is C10H13F2NO2. The van der Waals surface area contributed by atoms with Crippen LogP contribution in [-0.4, -0.2) is 23.2 Å². The zero-order valence-electron chi connectivity index (χ0n) is 8.24. The van der Waals surface area contributed by atoms with Crippen LogP contribution in [0.5, 0.6) is 11.5 Å². The summed E-state index contributed by atoms with van der Waals surface area (Å²) in [5.41, 5.74) is 0.563. The van der Waals surface area contributed by atoms with Crippen LogP contribution in [0.2, 0.25) is 0 Å². The molecule has 1 aromatic carbocycles. The summed E-state index contributed by atoms with van der Waals surface area (Å²) in [5, 5.41) is 20.9. The van der Waals surface area contributed by atoms with Crippen LogP contribution in [0.1, 0.15) is 18.5 Å². The molecule has 0 aliphatic rings. The fourth-order valence-electron chi connectivity index (χ4n) is 1.25. The van der Waals surface area contributed by atoms with Gasteiger partial charge < -0.3 is 15.5 Å². The van der Waals surface area contributed by atoms with E-state index < -0.39 is 13.0 Å². The third-order valence-corrected chi connectivity index (χ3v) is 2.00. The van der Waals surface area contributed by atoms with Crippen LogP contribution < -0.4 is 5.32 Å². The maximum atomic E-state index is 11.9. The van der Waals surface area contributed by atoms with Crippen LogP contribution in [0.25, 0.3) is 0 Å². The van der Waals surface area contributed by atoms with Crippen molar-refractivity contribution >= 4 is 0 Å². The van der Waals surface area contributed by atoms with Gasteiger partial charge in [-0.15, -0.1) is 0 Å². The van der Waals surface area contributed by atoms with Gasteiger partial charge in [-0.3, -0.25) is 0 Å². The fraction of sp³-hybridized carbons (Fsp3) is 0.400. The second-order valence-electron chi connectivity index (χ2n) is 3.30.